The molecule has 0 saturated heterocycles. The first-order valence-corrected chi connectivity index (χ1v) is 5.58. The van der Waals surface area contributed by atoms with Crippen molar-refractivity contribution in [2.75, 3.05) is 0 Å². The van der Waals surface area contributed by atoms with E-state index in [4.69, 9.17) is 0 Å². The number of allylic oxidation sites excluding steroid dienone is 4. The van der Waals surface area contributed by atoms with Gasteiger partial charge in [0, 0.05) is 5.92 Å². The first-order chi connectivity index (χ1) is 6.21. The van der Waals surface area contributed by atoms with Gasteiger partial charge in [0.15, 0.2) is 0 Å². The smallest absolute Gasteiger partial charge is 0.00163 e. The molecule has 1 fully saturated rings. The van der Waals surface area contributed by atoms with E-state index in [1.807, 2.05) is 0 Å². The highest BCUT2D eigenvalue weighted by molar-refractivity contribution is 5.33. The molecule has 0 aromatic carbocycles. The molecule has 0 aromatic heterocycles. The Labute approximate surface area is 80.7 Å². The lowest BCUT2D eigenvalue weighted by atomic mass is 9.73. The fourth-order valence-electron chi connectivity index (χ4n) is 3.92. The summed E-state index contributed by atoms with van der Waals surface area (Å²) >= 11 is 0. The highest BCUT2D eigenvalue weighted by Crippen LogP contribution is 2.61. The van der Waals surface area contributed by atoms with E-state index in [0.29, 0.717) is 5.41 Å². The van der Waals surface area contributed by atoms with Crippen molar-refractivity contribution in [1.29, 1.82) is 0 Å². The maximum absolute atomic E-state index is 2.52. The van der Waals surface area contributed by atoms with Crippen molar-refractivity contribution in [3.8, 4) is 0 Å². The van der Waals surface area contributed by atoms with Gasteiger partial charge in [-0.25, -0.2) is 0 Å². The highest BCUT2D eigenvalue weighted by Gasteiger charge is 2.52. The molecule has 1 saturated carbocycles. The maximum atomic E-state index is 2.52. The van der Waals surface area contributed by atoms with Crippen LogP contribution in [0.25, 0.3) is 0 Å². The molecule has 13 heavy (non-hydrogen) atoms. The van der Waals surface area contributed by atoms with E-state index in [0.717, 1.165) is 17.8 Å². The minimum Gasteiger partial charge on any atom is -0.0876 e. The van der Waals surface area contributed by atoms with Gasteiger partial charge in [-0.3, -0.25) is 0 Å². The monoisotopic (exact) mass is 174 g/mol. The molecular weight excluding hydrogens is 156 g/mol. The summed E-state index contributed by atoms with van der Waals surface area (Å²) in [7, 11) is 0. The number of fused-ring (bicyclic) bond motifs is 3. The van der Waals surface area contributed by atoms with Gasteiger partial charge < -0.3 is 0 Å². The van der Waals surface area contributed by atoms with Crippen LogP contribution in [0.1, 0.15) is 33.1 Å². The summed E-state index contributed by atoms with van der Waals surface area (Å²) in [5.74, 6) is 2.65. The fraction of sp³-hybridized carbons (Fsp3) is 0.692. The van der Waals surface area contributed by atoms with E-state index in [1.54, 1.807) is 5.57 Å². The van der Waals surface area contributed by atoms with Crippen molar-refractivity contribution in [3.05, 3.63) is 23.8 Å². The Hall–Kier alpha value is -0.520. The minimum absolute atomic E-state index is 0.566. The van der Waals surface area contributed by atoms with Gasteiger partial charge in [-0.1, -0.05) is 37.6 Å². The van der Waals surface area contributed by atoms with E-state index in [9.17, 15) is 0 Å². The lowest BCUT2D eigenvalue weighted by Gasteiger charge is -2.31. The van der Waals surface area contributed by atoms with Crippen LogP contribution in [0.15, 0.2) is 23.8 Å². The molecule has 0 nitrogen and oxygen atoms in total. The van der Waals surface area contributed by atoms with Gasteiger partial charge in [-0.05, 0) is 36.5 Å². The Bertz CT molecular complexity index is 293. The van der Waals surface area contributed by atoms with Crippen molar-refractivity contribution in [1.82, 2.24) is 0 Å². The molecule has 3 aliphatic carbocycles. The Kier molecular flexibility index (Phi) is 1.38. The van der Waals surface area contributed by atoms with E-state index < -0.39 is 0 Å². The number of hydrogen-bond acceptors (Lipinski definition) is 0. The molecule has 0 aromatic rings. The molecule has 0 amide bonds. The average molecular weight is 174 g/mol. The molecule has 0 bridgehead atoms. The third-order valence-electron chi connectivity index (χ3n) is 4.64. The standard InChI is InChI=1S/C13H18/c1-13(2)11-7-3-5-9(11)10-6-4-8-12(10)13/h3,5-6,9,11-12H,4,7-8H2,1-2H3. The first-order valence-electron chi connectivity index (χ1n) is 5.58. The van der Waals surface area contributed by atoms with Crippen LogP contribution in [-0.4, -0.2) is 0 Å². The summed E-state index contributed by atoms with van der Waals surface area (Å²) in [4.78, 5) is 0. The third-order valence-corrected chi connectivity index (χ3v) is 4.64. The van der Waals surface area contributed by atoms with Crippen LogP contribution >= 0.6 is 0 Å². The lowest BCUT2D eigenvalue weighted by molar-refractivity contribution is 0.184. The second kappa shape index (κ2) is 2.29. The van der Waals surface area contributed by atoms with Crippen LogP contribution in [0.2, 0.25) is 0 Å². The van der Waals surface area contributed by atoms with E-state index >= 15 is 0 Å². The number of rotatable bonds is 0. The second-order valence-corrected chi connectivity index (χ2v) is 5.45. The first kappa shape index (κ1) is 7.84. The zero-order valence-corrected chi connectivity index (χ0v) is 8.59. The van der Waals surface area contributed by atoms with Gasteiger partial charge in [0.05, 0.1) is 0 Å². The summed E-state index contributed by atoms with van der Waals surface area (Å²) in [6.07, 6.45) is 11.5. The topological polar surface area (TPSA) is 0 Å². The zero-order chi connectivity index (χ0) is 9.05. The molecule has 0 N–H and O–H groups in total. The van der Waals surface area contributed by atoms with Gasteiger partial charge in [-0.15, -0.1) is 0 Å². The molecular formula is C13H18. The van der Waals surface area contributed by atoms with Crippen LogP contribution < -0.4 is 0 Å². The zero-order valence-electron chi connectivity index (χ0n) is 8.59. The molecule has 3 atom stereocenters. The van der Waals surface area contributed by atoms with Crippen LogP contribution in [0.3, 0.4) is 0 Å². The Balaban J connectivity index is 2.08. The Morgan fingerprint density at radius 2 is 2.23 bits per heavy atom. The van der Waals surface area contributed by atoms with E-state index in [1.165, 1.54) is 19.3 Å². The SMILES string of the molecule is CC1(C)C2CCC=C2C2C=CCC21. The summed E-state index contributed by atoms with van der Waals surface area (Å²) in [5.41, 5.74) is 2.35. The maximum Gasteiger partial charge on any atom is 0.00163 e. The van der Waals surface area contributed by atoms with Crippen molar-refractivity contribution in [2.45, 2.75) is 33.1 Å². The van der Waals surface area contributed by atoms with Gasteiger partial charge in [0.1, 0.15) is 0 Å². The van der Waals surface area contributed by atoms with Crippen LogP contribution in [-0.2, 0) is 0 Å². The van der Waals surface area contributed by atoms with Crippen molar-refractivity contribution < 1.29 is 0 Å². The van der Waals surface area contributed by atoms with Crippen molar-refractivity contribution in [3.63, 3.8) is 0 Å². The Morgan fingerprint density at radius 1 is 1.38 bits per heavy atom. The van der Waals surface area contributed by atoms with Gasteiger partial charge in [0.2, 0.25) is 0 Å². The van der Waals surface area contributed by atoms with Crippen LogP contribution in [0.4, 0.5) is 0 Å². The van der Waals surface area contributed by atoms with Crippen LogP contribution in [0, 0.1) is 23.2 Å². The highest BCUT2D eigenvalue weighted by atomic mass is 14.6. The molecule has 3 aliphatic rings. The predicted molar refractivity (Wildman–Crippen MR) is 55.3 cm³/mol. The van der Waals surface area contributed by atoms with E-state index in [2.05, 4.69) is 32.1 Å². The molecule has 0 heterocycles. The normalized spacial score (nSPS) is 44.8. The average Bonchev–Trinajstić information content (AvgIpc) is 2.74. The van der Waals surface area contributed by atoms with Crippen LogP contribution in [0.5, 0.6) is 0 Å². The van der Waals surface area contributed by atoms with Gasteiger partial charge >= 0.3 is 0 Å². The summed E-state index contributed by atoms with van der Waals surface area (Å²) in [5, 5.41) is 0. The van der Waals surface area contributed by atoms with Gasteiger partial charge in [0.25, 0.3) is 0 Å². The van der Waals surface area contributed by atoms with E-state index in [-0.39, 0.29) is 0 Å². The quantitative estimate of drug-likeness (QED) is 0.493. The summed E-state index contributed by atoms with van der Waals surface area (Å²) < 4.78 is 0. The number of hydrogen-bond donors (Lipinski definition) is 0. The molecule has 0 aliphatic heterocycles. The minimum atomic E-state index is 0.566. The third kappa shape index (κ3) is 0.820. The largest absolute Gasteiger partial charge is 0.0876 e. The molecule has 0 heteroatoms. The predicted octanol–water partition coefficient (Wildman–Crippen LogP) is 3.55. The second-order valence-electron chi connectivity index (χ2n) is 5.45. The molecule has 3 unspecified atom stereocenters. The summed E-state index contributed by atoms with van der Waals surface area (Å²) in [6, 6.07) is 0. The van der Waals surface area contributed by atoms with Crippen molar-refractivity contribution in [2.24, 2.45) is 23.2 Å². The summed E-state index contributed by atoms with van der Waals surface area (Å²) in [6.45, 7) is 4.96. The molecule has 3 rings (SSSR count). The van der Waals surface area contributed by atoms with Crippen molar-refractivity contribution >= 4 is 0 Å². The lowest BCUT2D eigenvalue weighted by Crippen LogP contribution is -2.24. The molecule has 0 spiro atoms. The molecule has 0 radical (unpaired) electrons. The Morgan fingerprint density at radius 3 is 3.08 bits per heavy atom. The molecule has 70 valence electrons. The fourth-order valence-corrected chi connectivity index (χ4v) is 3.92. The van der Waals surface area contributed by atoms with Gasteiger partial charge in [-0.2, -0.15) is 0 Å².